The maximum Gasteiger partial charge on any atom is 0.303 e. The highest BCUT2D eigenvalue weighted by Crippen LogP contribution is 2.26. The Kier molecular flexibility index (Phi) is 3.63. The summed E-state index contributed by atoms with van der Waals surface area (Å²) in [5, 5.41) is 18.0. The van der Waals surface area contributed by atoms with Gasteiger partial charge in [-0.3, -0.25) is 4.79 Å². The van der Waals surface area contributed by atoms with Crippen LogP contribution < -0.4 is 0 Å². The quantitative estimate of drug-likeness (QED) is 0.866. The van der Waals surface area contributed by atoms with E-state index < -0.39 is 5.97 Å². The van der Waals surface area contributed by atoms with E-state index in [2.05, 4.69) is 0 Å². The van der Waals surface area contributed by atoms with Gasteiger partial charge in [-0.15, -0.1) is 0 Å². The Balaban J connectivity index is 2.32. The van der Waals surface area contributed by atoms with Crippen molar-refractivity contribution in [3.63, 3.8) is 0 Å². The van der Waals surface area contributed by atoms with E-state index in [0.29, 0.717) is 6.42 Å². The number of hydrogen-bond acceptors (Lipinski definition) is 2. The molecule has 0 saturated carbocycles. The predicted octanol–water partition coefficient (Wildman–Crippen LogP) is 3.08. The van der Waals surface area contributed by atoms with Gasteiger partial charge in [0.25, 0.3) is 0 Å². The van der Waals surface area contributed by atoms with Crippen molar-refractivity contribution in [2.24, 2.45) is 0 Å². The molecule has 0 atom stereocenters. The molecule has 0 spiro atoms. The van der Waals surface area contributed by atoms with Crippen molar-refractivity contribution in [2.45, 2.75) is 12.8 Å². The first-order valence-electron chi connectivity index (χ1n) is 5.76. The molecule has 0 aliphatic carbocycles. The van der Waals surface area contributed by atoms with Gasteiger partial charge >= 0.3 is 5.97 Å². The summed E-state index contributed by atoms with van der Waals surface area (Å²) in [7, 11) is 0. The predicted molar refractivity (Wildman–Crippen MR) is 69.5 cm³/mol. The highest BCUT2D eigenvalue weighted by Gasteiger charge is 2.06. The minimum absolute atomic E-state index is 0.120. The molecule has 0 radical (unpaired) electrons. The molecule has 0 amide bonds. The van der Waals surface area contributed by atoms with E-state index in [1.807, 2.05) is 36.4 Å². The minimum Gasteiger partial charge on any atom is -0.508 e. The second-order valence-corrected chi connectivity index (χ2v) is 4.10. The Morgan fingerprint density at radius 2 is 1.67 bits per heavy atom. The summed E-state index contributed by atoms with van der Waals surface area (Å²) < 4.78 is 0. The largest absolute Gasteiger partial charge is 0.508 e. The Bertz CT molecular complexity index is 544. The monoisotopic (exact) mass is 242 g/mol. The molecular formula is C15H14O3. The number of aliphatic carboxylic acids is 1. The summed E-state index contributed by atoms with van der Waals surface area (Å²) in [5.41, 5.74) is 3.00. The summed E-state index contributed by atoms with van der Waals surface area (Å²) in [4.78, 5) is 10.6. The van der Waals surface area contributed by atoms with Gasteiger partial charge in [-0.25, -0.2) is 0 Å². The maximum atomic E-state index is 10.6. The third-order valence-electron chi connectivity index (χ3n) is 2.80. The van der Waals surface area contributed by atoms with Crippen LogP contribution in [0.1, 0.15) is 12.0 Å². The van der Waals surface area contributed by atoms with Crippen LogP contribution in [0, 0.1) is 0 Å². The average Bonchev–Trinajstić information content (AvgIpc) is 2.38. The number of phenols is 1. The van der Waals surface area contributed by atoms with Gasteiger partial charge in [0.2, 0.25) is 0 Å². The van der Waals surface area contributed by atoms with Crippen LogP contribution in [0.2, 0.25) is 0 Å². The smallest absolute Gasteiger partial charge is 0.303 e. The van der Waals surface area contributed by atoms with Crippen LogP contribution in [0.3, 0.4) is 0 Å². The molecule has 92 valence electrons. The molecule has 0 heterocycles. The lowest BCUT2D eigenvalue weighted by atomic mass is 9.97. The molecule has 0 unspecified atom stereocenters. The van der Waals surface area contributed by atoms with Crippen LogP contribution >= 0.6 is 0 Å². The SMILES string of the molecule is O=C(O)CCc1ccccc1-c1ccc(O)cc1. The Morgan fingerprint density at radius 1 is 1.00 bits per heavy atom. The fourth-order valence-corrected chi connectivity index (χ4v) is 1.90. The topological polar surface area (TPSA) is 57.5 Å². The van der Waals surface area contributed by atoms with Crippen molar-refractivity contribution in [2.75, 3.05) is 0 Å². The fraction of sp³-hybridized carbons (Fsp3) is 0.133. The molecule has 0 aromatic heterocycles. The van der Waals surface area contributed by atoms with Gasteiger partial charge < -0.3 is 10.2 Å². The Labute approximate surface area is 105 Å². The third kappa shape index (κ3) is 2.88. The summed E-state index contributed by atoms with van der Waals surface area (Å²) in [6, 6.07) is 14.6. The first kappa shape index (κ1) is 12.2. The average molecular weight is 242 g/mol. The summed E-state index contributed by atoms with van der Waals surface area (Å²) >= 11 is 0. The molecule has 18 heavy (non-hydrogen) atoms. The zero-order valence-electron chi connectivity index (χ0n) is 9.84. The number of carbonyl (C=O) groups is 1. The number of rotatable bonds is 4. The number of carboxylic acid groups (broad SMARTS) is 1. The van der Waals surface area contributed by atoms with Gasteiger partial charge in [-0.2, -0.15) is 0 Å². The van der Waals surface area contributed by atoms with Crippen molar-refractivity contribution in [1.82, 2.24) is 0 Å². The highest BCUT2D eigenvalue weighted by molar-refractivity contribution is 5.70. The Hall–Kier alpha value is -2.29. The molecule has 0 bridgehead atoms. The van der Waals surface area contributed by atoms with E-state index in [1.165, 1.54) is 0 Å². The number of aromatic hydroxyl groups is 1. The number of benzene rings is 2. The second kappa shape index (κ2) is 5.36. The molecule has 0 aliphatic rings. The lowest BCUT2D eigenvalue weighted by Gasteiger charge is -2.08. The van der Waals surface area contributed by atoms with E-state index >= 15 is 0 Å². The minimum atomic E-state index is -0.796. The lowest BCUT2D eigenvalue weighted by molar-refractivity contribution is -0.136. The molecule has 3 heteroatoms. The van der Waals surface area contributed by atoms with Gasteiger partial charge in [0.05, 0.1) is 0 Å². The third-order valence-corrected chi connectivity index (χ3v) is 2.80. The van der Waals surface area contributed by atoms with Crippen molar-refractivity contribution in [1.29, 1.82) is 0 Å². The van der Waals surface area contributed by atoms with Crippen LogP contribution in [0.4, 0.5) is 0 Å². The van der Waals surface area contributed by atoms with Crippen molar-refractivity contribution >= 4 is 5.97 Å². The van der Waals surface area contributed by atoms with E-state index in [9.17, 15) is 9.90 Å². The summed E-state index contributed by atoms with van der Waals surface area (Å²) in [5.74, 6) is -0.572. The summed E-state index contributed by atoms with van der Waals surface area (Å²) in [6.07, 6.45) is 0.626. The number of carboxylic acids is 1. The lowest BCUT2D eigenvalue weighted by Crippen LogP contribution is -1.98. The fourth-order valence-electron chi connectivity index (χ4n) is 1.90. The second-order valence-electron chi connectivity index (χ2n) is 4.10. The van der Waals surface area contributed by atoms with Crippen molar-refractivity contribution < 1.29 is 15.0 Å². The first-order valence-corrected chi connectivity index (χ1v) is 5.76. The van der Waals surface area contributed by atoms with Crippen LogP contribution in [0.25, 0.3) is 11.1 Å². The van der Waals surface area contributed by atoms with Crippen molar-refractivity contribution in [3.8, 4) is 16.9 Å². The molecule has 2 aromatic carbocycles. The van der Waals surface area contributed by atoms with Crippen LogP contribution in [0.15, 0.2) is 48.5 Å². The molecule has 0 fully saturated rings. The van der Waals surface area contributed by atoms with Gasteiger partial charge in [-0.1, -0.05) is 36.4 Å². The molecule has 2 aromatic rings. The van der Waals surface area contributed by atoms with E-state index in [1.54, 1.807) is 12.1 Å². The number of aryl methyl sites for hydroxylation is 1. The van der Waals surface area contributed by atoms with Gasteiger partial charge in [0.15, 0.2) is 0 Å². The molecular weight excluding hydrogens is 228 g/mol. The molecule has 0 saturated heterocycles. The maximum absolute atomic E-state index is 10.6. The van der Waals surface area contributed by atoms with E-state index in [-0.39, 0.29) is 12.2 Å². The van der Waals surface area contributed by atoms with E-state index in [4.69, 9.17) is 5.11 Å². The van der Waals surface area contributed by atoms with E-state index in [0.717, 1.165) is 16.7 Å². The normalized spacial score (nSPS) is 10.2. The first-order chi connectivity index (χ1) is 8.66. The van der Waals surface area contributed by atoms with Crippen molar-refractivity contribution in [3.05, 3.63) is 54.1 Å². The van der Waals surface area contributed by atoms with Crippen LogP contribution in [-0.2, 0) is 11.2 Å². The number of phenolic OH excluding ortho intramolecular Hbond substituents is 1. The molecule has 2 N–H and O–H groups in total. The zero-order valence-corrected chi connectivity index (χ0v) is 9.84. The summed E-state index contributed by atoms with van der Waals surface area (Å²) in [6.45, 7) is 0. The van der Waals surface area contributed by atoms with Gasteiger partial charge in [0, 0.05) is 6.42 Å². The Morgan fingerprint density at radius 3 is 2.33 bits per heavy atom. The van der Waals surface area contributed by atoms with Crippen LogP contribution in [-0.4, -0.2) is 16.2 Å². The number of hydrogen-bond donors (Lipinski definition) is 2. The van der Waals surface area contributed by atoms with Gasteiger partial charge in [0.1, 0.15) is 5.75 Å². The molecule has 3 nitrogen and oxygen atoms in total. The van der Waals surface area contributed by atoms with Crippen LogP contribution in [0.5, 0.6) is 5.75 Å². The standard InChI is InChI=1S/C15H14O3/c16-13-8-5-12(6-9-13)14-4-2-1-3-11(14)7-10-15(17)18/h1-6,8-9,16H,7,10H2,(H,17,18). The molecule has 0 aliphatic heterocycles. The molecule has 2 rings (SSSR count). The highest BCUT2D eigenvalue weighted by atomic mass is 16.4. The zero-order chi connectivity index (χ0) is 13.0. The van der Waals surface area contributed by atoms with Gasteiger partial charge in [-0.05, 0) is 35.2 Å².